The second-order valence-electron chi connectivity index (χ2n) is 9.22. The van der Waals surface area contributed by atoms with E-state index in [4.69, 9.17) is 9.16 Å². The molecule has 0 unspecified atom stereocenters. The molecule has 0 aromatic carbocycles. The summed E-state index contributed by atoms with van der Waals surface area (Å²) < 4.78 is 12.3. The molecule has 0 aliphatic heterocycles. The summed E-state index contributed by atoms with van der Waals surface area (Å²) >= 11 is 0. The smallest absolute Gasteiger partial charge is 0.330 e. The van der Waals surface area contributed by atoms with Crippen LogP contribution in [0.2, 0.25) is 18.1 Å². The maximum atomic E-state index is 12.0. The van der Waals surface area contributed by atoms with Crippen molar-refractivity contribution in [2.45, 2.75) is 109 Å². The van der Waals surface area contributed by atoms with E-state index in [9.17, 15) is 4.79 Å². The monoisotopic (exact) mass is 396 g/mol. The van der Waals surface area contributed by atoms with Crippen molar-refractivity contribution in [3.8, 4) is 0 Å². The molecule has 27 heavy (non-hydrogen) atoms. The molecule has 0 amide bonds. The molecule has 158 valence electrons. The van der Waals surface area contributed by atoms with Crippen LogP contribution in [0.1, 0.15) is 85.5 Å². The van der Waals surface area contributed by atoms with E-state index in [0.29, 0.717) is 13.0 Å². The van der Waals surface area contributed by atoms with Crippen LogP contribution in [0.5, 0.6) is 0 Å². The maximum Gasteiger partial charge on any atom is 0.330 e. The molecule has 0 N–H and O–H groups in total. The topological polar surface area (TPSA) is 35.5 Å². The Morgan fingerprint density at radius 3 is 2.04 bits per heavy atom. The molecule has 0 aliphatic rings. The zero-order chi connectivity index (χ0) is 21.0. The lowest BCUT2D eigenvalue weighted by molar-refractivity contribution is -0.158. The predicted molar refractivity (Wildman–Crippen MR) is 120 cm³/mol. The Kier molecular flexibility index (Phi) is 12.2. The van der Waals surface area contributed by atoms with Crippen LogP contribution in [0.25, 0.3) is 0 Å². The molecule has 0 heterocycles. The summed E-state index contributed by atoms with van der Waals surface area (Å²) in [6, 6.07) is 0. The van der Waals surface area contributed by atoms with E-state index < -0.39 is 13.9 Å². The Bertz CT molecular complexity index is 451. The molecular weight excluding hydrogens is 352 g/mol. The summed E-state index contributed by atoms with van der Waals surface area (Å²) in [5.41, 5.74) is -0.633. The first-order valence-corrected chi connectivity index (χ1v) is 13.5. The van der Waals surface area contributed by atoms with Crippen molar-refractivity contribution in [1.82, 2.24) is 0 Å². The average Bonchev–Trinajstić information content (AvgIpc) is 2.58. The third kappa shape index (κ3) is 10.3. The molecule has 0 saturated heterocycles. The van der Waals surface area contributed by atoms with Crippen LogP contribution in [-0.4, -0.2) is 26.5 Å². The van der Waals surface area contributed by atoms with Gasteiger partial charge in [-0.25, -0.2) is 4.79 Å². The molecule has 0 fully saturated rings. The summed E-state index contributed by atoms with van der Waals surface area (Å²) in [5, 5.41) is 0.120. The molecule has 0 saturated carbocycles. The fourth-order valence-corrected chi connectivity index (χ4v) is 3.86. The lowest BCUT2D eigenvalue weighted by atomic mass is 9.92. The molecule has 0 aromatic heterocycles. The first kappa shape index (κ1) is 26.1. The summed E-state index contributed by atoms with van der Waals surface area (Å²) in [6.45, 7) is 21.2. The van der Waals surface area contributed by atoms with Crippen molar-refractivity contribution in [2.24, 2.45) is 0 Å². The molecule has 0 aliphatic carbocycles. The number of carbonyl (C=O) groups is 1. The van der Waals surface area contributed by atoms with Gasteiger partial charge in [-0.2, -0.15) is 0 Å². The third-order valence-electron chi connectivity index (χ3n) is 5.74. The number of rotatable bonds is 15. The van der Waals surface area contributed by atoms with Gasteiger partial charge in [-0.3, -0.25) is 0 Å². The highest BCUT2D eigenvalue weighted by atomic mass is 28.4. The van der Waals surface area contributed by atoms with E-state index in [0.717, 1.165) is 19.3 Å². The van der Waals surface area contributed by atoms with Gasteiger partial charge in [0.1, 0.15) is 5.60 Å². The van der Waals surface area contributed by atoms with Crippen molar-refractivity contribution in [2.75, 3.05) is 6.61 Å². The van der Waals surface area contributed by atoms with E-state index in [2.05, 4.69) is 53.9 Å². The summed E-state index contributed by atoms with van der Waals surface area (Å²) in [5.74, 6) is -0.376. The Morgan fingerprint density at radius 1 is 1.00 bits per heavy atom. The molecule has 0 rings (SSSR count). The van der Waals surface area contributed by atoms with Gasteiger partial charge in [0.2, 0.25) is 0 Å². The molecule has 1 atom stereocenters. The van der Waals surface area contributed by atoms with E-state index in [-0.39, 0.29) is 11.0 Å². The summed E-state index contributed by atoms with van der Waals surface area (Å²) in [6.07, 6.45) is 13.1. The molecule has 0 spiro atoms. The van der Waals surface area contributed by atoms with Gasteiger partial charge in [-0.1, -0.05) is 78.9 Å². The van der Waals surface area contributed by atoms with E-state index in [1.54, 1.807) is 0 Å². The van der Waals surface area contributed by atoms with Gasteiger partial charge >= 0.3 is 5.97 Å². The molecule has 0 radical (unpaired) electrons. The minimum atomic E-state index is -1.93. The lowest BCUT2D eigenvalue weighted by Crippen LogP contribution is -2.47. The second kappa shape index (κ2) is 12.6. The first-order chi connectivity index (χ1) is 12.5. The van der Waals surface area contributed by atoms with Gasteiger partial charge in [-0.05, 0) is 31.0 Å². The SMILES string of the molecule is C=CC[C@](CCCCCCCCC)(CO[Si](C)(C)C(C)(C)C)OC(=O)C=C. The van der Waals surface area contributed by atoms with Crippen LogP contribution in [0.3, 0.4) is 0 Å². The van der Waals surface area contributed by atoms with Crippen LogP contribution < -0.4 is 0 Å². The highest BCUT2D eigenvalue weighted by Gasteiger charge is 2.41. The van der Waals surface area contributed by atoms with Crippen molar-refractivity contribution >= 4 is 14.3 Å². The minimum absolute atomic E-state index is 0.120. The fraction of sp³-hybridized carbons (Fsp3) is 0.783. The lowest BCUT2D eigenvalue weighted by Gasteiger charge is -2.40. The van der Waals surface area contributed by atoms with E-state index in [1.165, 1.54) is 38.2 Å². The minimum Gasteiger partial charge on any atom is -0.453 e. The molecule has 3 nitrogen and oxygen atoms in total. The Balaban J connectivity index is 4.98. The molecular formula is C23H44O3Si. The summed E-state index contributed by atoms with van der Waals surface area (Å²) in [4.78, 5) is 12.0. The predicted octanol–water partition coefficient (Wildman–Crippen LogP) is 7.19. The van der Waals surface area contributed by atoms with Gasteiger partial charge in [0.15, 0.2) is 8.32 Å². The largest absolute Gasteiger partial charge is 0.453 e. The van der Waals surface area contributed by atoms with Gasteiger partial charge < -0.3 is 9.16 Å². The molecule has 0 aromatic rings. The molecule has 0 bridgehead atoms. The number of ether oxygens (including phenoxy) is 1. The first-order valence-electron chi connectivity index (χ1n) is 10.6. The van der Waals surface area contributed by atoms with Crippen molar-refractivity contribution in [3.05, 3.63) is 25.3 Å². The van der Waals surface area contributed by atoms with Crippen LogP contribution in [0.4, 0.5) is 0 Å². The number of esters is 1. The quantitative estimate of drug-likeness (QED) is 0.0965. The van der Waals surface area contributed by atoms with Crippen molar-refractivity contribution in [3.63, 3.8) is 0 Å². The van der Waals surface area contributed by atoms with Crippen LogP contribution in [0, 0.1) is 0 Å². The third-order valence-corrected chi connectivity index (χ3v) is 10.2. The number of carbonyl (C=O) groups excluding carboxylic acids is 1. The van der Waals surface area contributed by atoms with Gasteiger partial charge in [0, 0.05) is 12.5 Å². The molecule has 4 heteroatoms. The number of hydrogen-bond acceptors (Lipinski definition) is 3. The standard InChI is InChI=1S/C23H44O3Si/c1-9-12-13-14-15-16-17-19-23(18-10-2,26-21(24)11-3)20-25-27(7,8)22(4,5)6/h10-11H,2-3,9,12-20H2,1,4-8H3/t23-/m0/s1. The zero-order valence-electron chi connectivity index (χ0n) is 18.9. The van der Waals surface area contributed by atoms with Crippen molar-refractivity contribution in [1.29, 1.82) is 0 Å². The second-order valence-corrected chi connectivity index (χ2v) is 14.0. The Morgan fingerprint density at radius 2 is 1.56 bits per heavy atom. The van der Waals surface area contributed by atoms with Gasteiger partial charge in [-0.15, -0.1) is 6.58 Å². The zero-order valence-corrected chi connectivity index (χ0v) is 19.9. The fourth-order valence-electron chi connectivity index (χ4n) is 2.81. The number of hydrogen-bond donors (Lipinski definition) is 0. The number of unbranched alkanes of at least 4 members (excludes halogenated alkanes) is 6. The Hall–Kier alpha value is -0.873. The average molecular weight is 397 g/mol. The van der Waals surface area contributed by atoms with Crippen LogP contribution in [0.15, 0.2) is 25.3 Å². The van der Waals surface area contributed by atoms with Crippen LogP contribution in [-0.2, 0) is 14.0 Å². The summed E-state index contributed by atoms with van der Waals surface area (Å²) in [7, 11) is -1.93. The van der Waals surface area contributed by atoms with Gasteiger partial charge in [0.25, 0.3) is 0 Å². The van der Waals surface area contributed by atoms with E-state index >= 15 is 0 Å². The van der Waals surface area contributed by atoms with E-state index in [1.807, 2.05) is 6.08 Å². The highest BCUT2D eigenvalue weighted by molar-refractivity contribution is 6.74. The highest BCUT2D eigenvalue weighted by Crippen LogP contribution is 2.38. The normalized spacial score (nSPS) is 14.4. The van der Waals surface area contributed by atoms with Crippen LogP contribution >= 0.6 is 0 Å². The van der Waals surface area contributed by atoms with Crippen molar-refractivity contribution < 1.29 is 14.0 Å². The Labute approximate surface area is 169 Å². The maximum absolute atomic E-state index is 12.0. The van der Waals surface area contributed by atoms with Gasteiger partial charge in [0.05, 0.1) is 6.61 Å².